The molecule has 0 aromatic carbocycles. The Morgan fingerprint density at radius 1 is 1.38 bits per heavy atom. The van der Waals surface area contributed by atoms with Crippen LogP contribution in [0.15, 0.2) is 33.6 Å². The largest absolute Gasteiger partial charge is 0.469 e. The van der Waals surface area contributed by atoms with E-state index in [4.69, 9.17) is 4.42 Å². The van der Waals surface area contributed by atoms with Crippen molar-refractivity contribution in [2.24, 2.45) is 0 Å². The second kappa shape index (κ2) is 5.32. The molecule has 2 rings (SSSR count). The minimum absolute atomic E-state index is 0.268. The van der Waals surface area contributed by atoms with Crippen LogP contribution in [0.25, 0.3) is 0 Å². The molecule has 0 saturated heterocycles. The predicted octanol–water partition coefficient (Wildman–Crippen LogP) is 3.60. The van der Waals surface area contributed by atoms with E-state index >= 15 is 0 Å². The molecule has 1 atom stereocenters. The number of aryl methyl sites for hydroxylation is 1. The van der Waals surface area contributed by atoms with Crippen LogP contribution in [-0.4, -0.2) is 6.54 Å². The summed E-state index contributed by atoms with van der Waals surface area (Å²) in [5.74, 6) is 1.08. The second-order valence-electron chi connectivity index (χ2n) is 3.70. The molecule has 2 nitrogen and oxygen atoms in total. The van der Waals surface area contributed by atoms with Crippen LogP contribution >= 0.6 is 11.3 Å². The molecule has 0 amide bonds. The molecule has 0 saturated carbocycles. The van der Waals surface area contributed by atoms with Gasteiger partial charge in [-0.2, -0.15) is 11.3 Å². The molecule has 86 valence electrons. The van der Waals surface area contributed by atoms with Crippen LogP contribution in [-0.2, 0) is 6.42 Å². The number of hydrogen-bond donors (Lipinski definition) is 1. The van der Waals surface area contributed by atoms with Gasteiger partial charge in [0.15, 0.2) is 0 Å². The summed E-state index contributed by atoms with van der Waals surface area (Å²) in [7, 11) is 0. The number of furan rings is 1. The first kappa shape index (κ1) is 11.4. The van der Waals surface area contributed by atoms with E-state index in [0.29, 0.717) is 0 Å². The van der Waals surface area contributed by atoms with Crippen molar-refractivity contribution < 1.29 is 4.42 Å². The number of nitrogens with one attached hydrogen (secondary N) is 1. The molecule has 1 N–H and O–H groups in total. The molecule has 3 heteroatoms. The van der Waals surface area contributed by atoms with E-state index in [2.05, 4.69) is 42.1 Å². The summed E-state index contributed by atoms with van der Waals surface area (Å²) >= 11 is 1.73. The van der Waals surface area contributed by atoms with Crippen LogP contribution in [0.4, 0.5) is 0 Å². The van der Waals surface area contributed by atoms with Gasteiger partial charge in [0, 0.05) is 12.0 Å². The van der Waals surface area contributed by atoms with E-state index in [1.165, 1.54) is 11.1 Å². The molecular formula is C13H17NOS. The van der Waals surface area contributed by atoms with Gasteiger partial charge in [0.1, 0.15) is 5.76 Å². The van der Waals surface area contributed by atoms with Crippen molar-refractivity contribution in [1.29, 1.82) is 0 Å². The topological polar surface area (TPSA) is 25.2 Å². The molecule has 0 aliphatic carbocycles. The maximum absolute atomic E-state index is 5.50. The van der Waals surface area contributed by atoms with Gasteiger partial charge in [0.2, 0.25) is 0 Å². The Labute approximate surface area is 100 Å². The van der Waals surface area contributed by atoms with Crippen LogP contribution in [0.2, 0.25) is 0 Å². The van der Waals surface area contributed by atoms with Gasteiger partial charge in [-0.05, 0) is 35.0 Å². The highest BCUT2D eigenvalue weighted by Crippen LogP contribution is 2.27. The van der Waals surface area contributed by atoms with Crippen molar-refractivity contribution in [3.63, 3.8) is 0 Å². The van der Waals surface area contributed by atoms with Crippen molar-refractivity contribution in [1.82, 2.24) is 5.32 Å². The van der Waals surface area contributed by atoms with Gasteiger partial charge in [-0.1, -0.05) is 13.8 Å². The molecular weight excluding hydrogens is 218 g/mol. The van der Waals surface area contributed by atoms with Gasteiger partial charge in [-0.25, -0.2) is 0 Å². The van der Waals surface area contributed by atoms with Gasteiger partial charge in [0.05, 0.1) is 12.3 Å². The molecule has 0 bridgehead atoms. The molecule has 0 aliphatic heterocycles. The standard InChI is InChI=1S/C13H17NOS/c1-3-12-11(5-7-15-12)13(14-4-2)10-6-8-16-9-10/h5-9,13-14H,3-4H2,1-2H3. The van der Waals surface area contributed by atoms with Gasteiger partial charge >= 0.3 is 0 Å². The Bertz CT molecular complexity index is 419. The average molecular weight is 235 g/mol. The smallest absolute Gasteiger partial charge is 0.108 e. The summed E-state index contributed by atoms with van der Waals surface area (Å²) in [6, 6.07) is 4.51. The number of thiophene rings is 1. The van der Waals surface area contributed by atoms with Crippen LogP contribution in [0, 0.1) is 0 Å². The van der Waals surface area contributed by atoms with Crippen molar-refractivity contribution in [2.75, 3.05) is 6.54 Å². The van der Waals surface area contributed by atoms with Crippen LogP contribution < -0.4 is 5.32 Å². The molecule has 0 spiro atoms. The summed E-state index contributed by atoms with van der Waals surface area (Å²) in [5, 5.41) is 7.82. The van der Waals surface area contributed by atoms with E-state index in [0.717, 1.165) is 18.7 Å². The molecule has 0 radical (unpaired) electrons. The fourth-order valence-electron chi connectivity index (χ4n) is 1.95. The SMILES string of the molecule is CCNC(c1ccsc1)c1ccoc1CC. The van der Waals surface area contributed by atoms with Crippen molar-refractivity contribution >= 4 is 11.3 Å². The maximum atomic E-state index is 5.50. The van der Waals surface area contributed by atoms with Gasteiger partial charge in [-0.3, -0.25) is 0 Å². The lowest BCUT2D eigenvalue weighted by Gasteiger charge is -2.16. The summed E-state index contributed by atoms with van der Waals surface area (Å²) in [6.45, 7) is 5.21. The molecule has 2 aromatic rings. The van der Waals surface area contributed by atoms with E-state index in [1.54, 1.807) is 17.6 Å². The summed E-state index contributed by atoms with van der Waals surface area (Å²) in [5.41, 5.74) is 2.59. The first-order valence-electron chi connectivity index (χ1n) is 5.68. The Morgan fingerprint density at radius 2 is 2.25 bits per heavy atom. The fraction of sp³-hybridized carbons (Fsp3) is 0.385. The minimum Gasteiger partial charge on any atom is -0.469 e. The molecule has 16 heavy (non-hydrogen) atoms. The minimum atomic E-state index is 0.268. The number of rotatable bonds is 5. The third-order valence-electron chi connectivity index (χ3n) is 2.70. The second-order valence-corrected chi connectivity index (χ2v) is 4.48. The third kappa shape index (κ3) is 2.20. The summed E-state index contributed by atoms with van der Waals surface area (Å²) < 4.78 is 5.50. The molecule has 0 fully saturated rings. The van der Waals surface area contributed by atoms with E-state index in [9.17, 15) is 0 Å². The molecule has 0 aliphatic rings. The zero-order valence-electron chi connectivity index (χ0n) is 9.69. The zero-order valence-corrected chi connectivity index (χ0v) is 10.5. The highest BCUT2D eigenvalue weighted by Gasteiger charge is 2.18. The summed E-state index contributed by atoms with van der Waals surface area (Å²) in [6.07, 6.45) is 2.72. The van der Waals surface area contributed by atoms with Gasteiger partial charge in [0.25, 0.3) is 0 Å². The van der Waals surface area contributed by atoms with Crippen molar-refractivity contribution in [2.45, 2.75) is 26.3 Å². The number of hydrogen-bond acceptors (Lipinski definition) is 3. The normalized spacial score (nSPS) is 12.9. The van der Waals surface area contributed by atoms with Crippen LogP contribution in [0.3, 0.4) is 0 Å². The lowest BCUT2D eigenvalue weighted by Crippen LogP contribution is -2.21. The van der Waals surface area contributed by atoms with Crippen LogP contribution in [0.1, 0.15) is 36.8 Å². The van der Waals surface area contributed by atoms with E-state index in [1.807, 2.05) is 0 Å². The molecule has 2 heterocycles. The Hall–Kier alpha value is -1.06. The van der Waals surface area contributed by atoms with Crippen LogP contribution in [0.5, 0.6) is 0 Å². The third-order valence-corrected chi connectivity index (χ3v) is 3.40. The van der Waals surface area contributed by atoms with Crippen molar-refractivity contribution in [3.05, 3.63) is 46.0 Å². The maximum Gasteiger partial charge on any atom is 0.108 e. The predicted molar refractivity (Wildman–Crippen MR) is 67.9 cm³/mol. The quantitative estimate of drug-likeness (QED) is 0.856. The highest BCUT2D eigenvalue weighted by molar-refractivity contribution is 7.08. The van der Waals surface area contributed by atoms with E-state index in [-0.39, 0.29) is 6.04 Å². The first-order valence-corrected chi connectivity index (χ1v) is 6.62. The van der Waals surface area contributed by atoms with Gasteiger partial charge in [-0.15, -0.1) is 0 Å². The fourth-order valence-corrected chi connectivity index (χ4v) is 2.63. The average Bonchev–Trinajstić information content (AvgIpc) is 2.96. The summed E-state index contributed by atoms with van der Waals surface area (Å²) in [4.78, 5) is 0. The molecule has 1 unspecified atom stereocenters. The monoisotopic (exact) mass is 235 g/mol. The molecule has 2 aromatic heterocycles. The lowest BCUT2D eigenvalue weighted by molar-refractivity contribution is 0.502. The van der Waals surface area contributed by atoms with E-state index < -0.39 is 0 Å². The Morgan fingerprint density at radius 3 is 2.88 bits per heavy atom. The van der Waals surface area contributed by atoms with Crippen molar-refractivity contribution in [3.8, 4) is 0 Å². The highest BCUT2D eigenvalue weighted by atomic mass is 32.1. The van der Waals surface area contributed by atoms with Gasteiger partial charge < -0.3 is 9.73 Å². The Balaban J connectivity index is 2.33. The lowest BCUT2D eigenvalue weighted by atomic mass is 10.0. The first-order chi connectivity index (χ1) is 7.86. The Kier molecular flexibility index (Phi) is 3.80. The zero-order chi connectivity index (χ0) is 11.4.